The van der Waals surface area contributed by atoms with Crippen LogP contribution in [-0.4, -0.2) is 47.2 Å². The number of halogens is 2. The quantitative estimate of drug-likeness (QED) is 0.859. The molecule has 7 heteroatoms. The summed E-state index contributed by atoms with van der Waals surface area (Å²) >= 11 is 12.2. The summed E-state index contributed by atoms with van der Waals surface area (Å²) in [7, 11) is 1.53. The fourth-order valence-corrected chi connectivity index (χ4v) is 3.70. The van der Waals surface area contributed by atoms with Crippen LogP contribution >= 0.6 is 23.2 Å². The summed E-state index contributed by atoms with van der Waals surface area (Å²) in [6.45, 7) is 2.71. The molecule has 0 saturated carbocycles. The molecule has 0 bridgehead atoms. The molecule has 1 aliphatic heterocycles. The monoisotopic (exact) mass is 394 g/mol. The van der Waals surface area contributed by atoms with E-state index in [1.807, 2.05) is 12.1 Å². The van der Waals surface area contributed by atoms with Crippen LogP contribution in [0.3, 0.4) is 0 Å². The van der Waals surface area contributed by atoms with Gasteiger partial charge in [-0.05, 0) is 30.7 Å². The van der Waals surface area contributed by atoms with Crippen molar-refractivity contribution in [3.8, 4) is 5.88 Å². The maximum atomic E-state index is 12.8. The van der Waals surface area contributed by atoms with Crippen LogP contribution in [0, 0.1) is 5.92 Å². The number of aliphatic hydroxyl groups is 1. The Labute approximate surface area is 162 Å². The molecule has 2 heterocycles. The first-order chi connectivity index (χ1) is 12.4. The Hall–Kier alpha value is -1.82. The Balaban J connectivity index is 1.84. The van der Waals surface area contributed by atoms with Gasteiger partial charge in [-0.25, -0.2) is 4.98 Å². The van der Waals surface area contributed by atoms with Gasteiger partial charge in [0.1, 0.15) is 0 Å². The lowest BCUT2D eigenvalue weighted by Crippen LogP contribution is -2.30. The van der Waals surface area contributed by atoms with Gasteiger partial charge in [-0.1, -0.05) is 29.3 Å². The van der Waals surface area contributed by atoms with Crippen LogP contribution < -0.4 is 4.74 Å². The number of aliphatic hydroxyl groups excluding tert-OH is 1. The highest BCUT2D eigenvalue weighted by Gasteiger charge is 2.39. The molecule has 1 N–H and O–H groups in total. The van der Waals surface area contributed by atoms with Gasteiger partial charge in [-0.15, -0.1) is 0 Å². The first kappa shape index (κ1) is 19.0. The molecule has 138 valence electrons. The van der Waals surface area contributed by atoms with Gasteiger partial charge in [0.05, 0.1) is 28.8 Å². The Morgan fingerprint density at radius 3 is 2.62 bits per heavy atom. The molecule has 26 heavy (non-hydrogen) atoms. The van der Waals surface area contributed by atoms with Crippen LogP contribution in [-0.2, 0) is 0 Å². The van der Waals surface area contributed by atoms with Crippen molar-refractivity contribution in [3.05, 3.63) is 57.7 Å². The van der Waals surface area contributed by atoms with Crippen LogP contribution in [0.15, 0.2) is 36.5 Å². The normalized spacial score (nSPS) is 20.9. The fraction of sp³-hybridized carbons (Fsp3) is 0.368. The molecule has 5 nitrogen and oxygen atoms in total. The number of methoxy groups -OCH3 is 1. The number of hydrogen-bond acceptors (Lipinski definition) is 4. The maximum Gasteiger partial charge on any atom is 0.255 e. The number of amides is 1. The van der Waals surface area contributed by atoms with Gasteiger partial charge in [-0.2, -0.15) is 0 Å². The van der Waals surface area contributed by atoms with E-state index >= 15 is 0 Å². The summed E-state index contributed by atoms with van der Waals surface area (Å²) in [6, 6.07) is 8.81. The first-order valence-electron chi connectivity index (χ1n) is 8.33. The third kappa shape index (κ3) is 3.80. The molecule has 1 fully saturated rings. The molecule has 1 amide bonds. The van der Waals surface area contributed by atoms with Crippen molar-refractivity contribution in [2.24, 2.45) is 5.92 Å². The van der Waals surface area contributed by atoms with E-state index in [-0.39, 0.29) is 17.7 Å². The van der Waals surface area contributed by atoms with Crippen molar-refractivity contribution < 1.29 is 14.6 Å². The van der Waals surface area contributed by atoms with Gasteiger partial charge in [0.2, 0.25) is 5.88 Å². The van der Waals surface area contributed by atoms with E-state index in [2.05, 4.69) is 4.98 Å². The van der Waals surface area contributed by atoms with Gasteiger partial charge >= 0.3 is 0 Å². The topological polar surface area (TPSA) is 62.7 Å². The molecule has 0 aliphatic carbocycles. The van der Waals surface area contributed by atoms with Gasteiger partial charge in [0.15, 0.2) is 0 Å². The fourth-order valence-electron chi connectivity index (χ4n) is 3.39. The molecule has 3 unspecified atom stereocenters. The largest absolute Gasteiger partial charge is 0.481 e. The zero-order valence-electron chi connectivity index (χ0n) is 14.5. The van der Waals surface area contributed by atoms with Gasteiger partial charge in [-0.3, -0.25) is 4.79 Å². The number of pyridine rings is 1. The number of hydrogen-bond donors (Lipinski definition) is 1. The van der Waals surface area contributed by atoms with E-state index in [1.165, 1.54) is 13.3 Å². The molecule has 1 aromatic heterocycles. The number of ether oxygens (including phenoxy) is 1. The molecule has 1 aliphatic rings. The van der Waals surface area contributed by atoms with Crippen LogP contribution in [0.4, 0.5) is 0 Å². The third-order valence-corrected chi connectivity index (χ3v) is 5.58. The average Bonchev–Trinajstić information content (AvgIpc) is 3.09. The molecule has 1 saturated heterocycles. The van der Waals surface area contributed by atoms with Crippen molar-refractivity contribution in [1.82, 2.24) is 9.88 Å². The summed E-state index contributed by atoms with van der Waals surface area (Å²) in [5, 5.41) is 11.2. The summed E-state index contributed by atoms with van der Waals surface area (Å²) in [5.41, 5.74) is 1.46. The molecule has 2 aromatic rings. The van der Waals surface area contributed by atoms with Crippen LogP contribution in [0.2, 0.25) is 10.0 Å². The van der Waals surface area contributed by atoms with E-state index in [4.69, 9.17) is 27.9 Å². The predicted octanol–water partition coefficient (Wildman–Crippen LogP) is 3.63. The van der Waals surface area contributed by atoms with Crippen molar-refractivity contribution >= 4 is 29.1 Å². The minimum atomic E-state index is -0.554. The molecule has 0 radical (unpaired) electrons. The molecule has 3 rings (SSSR count). The Kier molecular flexibility index (Phi) is 5.70. The second-order valence-corrected chi connectivity index (χ2v) is 7.30. The number of rotatable bonds is 4. The van der Waals surface area contributed by atoms with Crippen LogP contribution in [0.1, 0.15) is 28.8 Å². The van der Waals surface area contributed by atoms with E-state index in [9.17, 15) is 9.90 Å². The highest BCUT2D eigenvalue weighted by Crippen LogP contribution is 2.37. The number of carbonyl (C=O) groups is 1. The average molecular weight is 395 g/mol. The zero-order chi connectivity index (χ0) is 18.8. The van der Waals surface area contributed by atoms with E-state index < -0.39 is 6.10 Å². The first-order valence-corrected chi connectivity index (χ1v) is 9.08. The summed E-state index contributed by atoms with van der Waals surface area (Å²) in [6.07, 6.45) is 0.951. The smallest absolute Gasteiger partial charge is 0.255 e. The number of carbonyl (C=O) groups excluding carboxylic acids is 1. The SMILES string of the molecule is COc1ccc(C(=O)N2CC(c3ccc(Cl)c(Cl)c3)C(C(C)O)C2)cn1. The summed E-state index contributed by atoms with van der Waals surface area (Å²) in [5.74, 6) is 0.245. The van der Waals surface area contributed by atoms with Crippen LogP contribution in [0.5, 0.6) is 5.88 Å². The highest BCUT2D eigenvalue weighted by atomic mass is 35.5. The van der Waals surface area contributed by atoms with Gasteiger partial charge < -0.3 is 14.7 Å². The Morgan fingerprint density at radius 2 is 2.04 bits per heavy atom. The van der Waals surface area contributed by atoms with Gasteiger partial charge in [0, 0.05) is 37.2 Å². The third-order valence-electron chi connectivity index (χ3n) is 4.84. The molecule has 0 spiro atoms. The Morgan fingerprint density at radius 1 is 1.27 bits per heavy atom. The minimum Gasteiger partial charge on any atom is -0.481 e. The maximum absolute atomic E-state index is 12.8. The standard InChI is InChI=1S/C19H20Cl2N2O3/c1-11(24)14-9-23(19(25)13-4-6-18(26-2)22-8-13)10-15(14)12-3-5-16(20)17(21)7-12/h3-8,11,14-15,24H,9-10H2,1-2H3. The summed E-state index contributed by atoms with van der Waals surface area (Å²) in [4.78, 5) is 18.7. The minimum absolute atomic E-state index is 0.0140. The van der Waals surface area contributed by atoms with Crippen molar-refractivity contribution in [1.29, 1.82) is 0 Å². The summed E-state index contributed by atoms with van der Waals surface area (Å²) < 4.78 is 5.03. The second kappa shape index (κ2) is 7.82. The lowest BCUT2D eigenvalue weighted by atomic mass is 9.86. The van der Waals surface area contributed by atoms with Crippen molar-refractivity contribution in [2.45, 2.75) is 18.9 Å². The molecular weight excluding hydrogens is 375 g/mol. The number of aromatic nitrogens is 1. The van der Waals surface area contributed by atoms with Gasteiger partial charge in [0.25, 0.3) is 5.91 Å². The molecule has 1 aromatic carbocycles. The van der Waals surface area contributed by atoms with E-state index in [0.29, 0.717) is 34.6 Å². The zero-order valence-corrected chi connectivity index (χ0v) is 16.0. The predicted molar refractivity (Wildman–Crippen MR) is 101 cm³/mol. The number of benzene rings is 1. The Bertz CT molecular complexity index is 796. The van der Waals surface area contributed by atoms with E-state index in [0.717, 1.165) is 5.56 Å². The van der Waals surface area contributed by atoms with Crippen molar-refractivity contribution in [3.63, 3.8) is 0 Å². The lowest BCUT2D eigenvalue weighted by molar-refractivity contribution is 0.0761. The molecule has 3 atom stereocenters. The molecular formula is C19H20Cl2N2O3. The number of nitrogens with zero attached hydrogens (tertiary/aromatic N) is 2. The second-order valence-electron chi connectivity index (χ2n) is 6.48. The van der Waals surface area contributed by atoms with E-state index in [1.54, 1.807) is 30.0 Å². The lowest BCUT2D eigenvalue weighted by Gasteiger charge is -2.21. The number of likely N-dealkylation sites (tertiary alicyclic amines) is 1. The van der Waals surface area contributed by atoms with Crippen molar-refractivity contribution in [2.75, 3.05) is 20.2 Å². The highest BCUT2D eigenvalue weighted by molar-refractivity contribution is 6.42. The van der Waals surface area contributed by atoms with Crippen LogP contribution in [0.25, 0.3) is 0 Å².